The minimum Gasteiger partial charge on any atom is -0.465 e. The van der Waals surface area contributed by atoms with Gasteiger partial charge in [0.05, 0.1) is 32.1 Å². The van der Waals surface area contributed by atoms with E-state index in [4.69, 9.17) is 4.74 Å². The van der Waals surface area contributed by atoms with Gasteiger partial charge >= 0.3 is 5.97 Å². The molecular weight excluding hydrogens is 438 g/mol. The molecule has 1 saturated carbocycles. The monoisotopic (exact) mass is 481 g/mol. The molecule has 1 fully saturated rings. The second-order valence-corrected chi connectivity index (χ2v) is 11.4. The van der Waals surface area contributed by atoms with E-state index in [1.54, 1.807) is 0 Å². The number of rotatable bonds is 12. The van der Waals surface area contributed by atoms with Gasteiger partial charge in [-0.25, -0.2) is 4.79 Å². The fraction of sp³-hybridized carbons (Fsp3) is 0.769. The molecule has 0 bridgehead atoms. The zero-order chi connectivity index (χ0) is 24.6. The highest BCUT2D eigenvalue weighted by molar-refractivity contribution is 7.14. The summed E-state index contributed by atoms with van der Waals surface area (Å²) in [5.41, 5.74) is 0.795. The highest BCUT2D eigenvalue weighted by Gasteiger charge is 2.34. The molecule has 1 amide bonds. The van der Waals surface area contributed by atoms with E-state index >= 15 is 0 Å². The Morgan fingerprint density at radius 2 is 1.85 bits per heavy atom. The third-order valence-corrected chi connectivity index (χ3v) is 8.29. The molecule has 1 aromatic heterocycles. The summed E-state index contributed by atoms with van der Waals surface area (Å²) in [6.45, 7) is 8.18. The standard InChI is InChI=1S/C26H43NO5S/c1-6-8-18(2)9-7-10-23(30)27(20(16-28)17-29)21-15-22(33-24(21)25(31)32-5)19-11-13-26(3,4)14-12-19/h15,18-20,28-29H,6-14,16-17H2,1-5H3. The molecule has 1 aliphatic rings. The van der Waals surface area contributed by atoms with Crippen LogP contribution in [0.5, 0.6) is 0 Å². The Morgan fingerprint density at radius 1 is 1.21 bits per heavy atom. The zero-order valence-electron chi connectivity index (χ0n) is 21.1. The van der Waals surface area contributed by atoms with Gasteiger partial charge in [0, 0.05) is 11.3 Å². The Bertz CT molecular complexity index is 761. The van der Waals surface area contributed by atoms with E-state index in [1.165, 1.54) is 23.3 Å². The van der Waals surface area contributed by atoms with Gasteiger partial charge < -0.3 is 19.8 Å². The van der Waals surface area contributed by atoms with Crippen LogP contribution in [0.2, 0.25) is 0 Å². The lowest BCUT2D eigenvalue weighted by atomic mass is 9.73. The Morgan fingerprint density at radius 3 is 2.39 bits per heavy atom. The molecule has 1 atom stereocenters. The van der Waals surface area contributed by atoms with Crippen LogP contribution >= 0.6 is 11.3 Å². The van der Waals surface area contributed by atoms with Crippen LogP contribution in [0, 0.1) is 11.3 Å². The molecule has 1 heterocycles. The Labute approximate surface area is 203 Å². The SMILES string of the molecule is CCCC(C)CCCC(=O)N(c1cc(C2CCC(C)(C)CC2)sc1C(=O)OC)C(CO)CO. The second kappa shape index (κ2) is 12.9. The van der Waals surface area contributed by atoms with Gasteiger partial charge in [-0.1, -0.05) is 47.0 Å². The number of hydrogen-bond donors (Lipinski definition) is 2. The van der Waals surface area contributed by atoms with Crippen LogP contribution in [0.1, 0.15) is 106 Å². The van der Waals surface area contributed by atoms with E-state index in [0.29, 0.717) is 34.2 Å². The smallest absolute Gasteiger partial charge is 0.350 e. The molecule has 2 N–H and O–H groups in total. The summed E-state index contributed by atoms with van der Waals surface area (Å²) in [6.07, 6.45) is 8.58. The number of carbonyl (C=O) groups excluding carboxylic acids is 2. The lowest BCUT2D eigenvalue weighted by Gasteiger charge is -2.34. The van der Waals surface area contributed by atoms with Crippen LogP contribution in [-0.4, -0.2) is 48.5 Å². The predicted molar refractivity (Wildman–Crippen MR) is 134 cm³/mol. The Hall–Kier alpha value is -1.44. The lowest BCUT2D eigenvalue weighted by molar-refractivity contribution is -0.119. The zero-order valence-corrected chi connectivity index (χ0v) is 21.9. The van der Waals surface area contributed by atoms with Crippen LogP contribution in [0.25, 0.3) is 0 Å². The molecule has 7 heteroatoms. The number of thiophene rings is 1. The third-order valence-electron chi connectivity index (χ3n) is 7.03. The molecule has 2 rings (SSSR count). The van der Waals surface area contributed by atoms with Gasteiger partial charge in [-0.2, -0.15) is 0 Å². The molecule has 0 saturated heterocycles. The van der Waals surface area contributed by atoms with Crippen molar-refractivity contribution in [2.45, 2.75) is 97.4 Å². The van der Waals surface area contributed by atoms with Crippen LogP contribution in [0.4, 0.5) is 5.69 Å². The average Bonchev–Trinajstić information content (AvgIpc) is 3.21. The van der Waals surface area contributed by atoms with E-state index < -0.39 is 12.0 Å². The van der Waals surface area contributed by atoms with Crippen LogP contribution in [0.15, 0.2) is 6.07 Å². The largest absolute Gasteiger partial charge is 0.465 e. The first-order valence-corrected chi connectivity index (χ1v) is 13.2. The molecule has 6 nitrogen and oxygen atoms in total. The Balaban J connectivity index is 2.33. The predicted octanol–water partition coefficient (Wildman–Crippen LogP) is 5.51. The number of aliphatic hydroxyl groups is 2. The van der Waals surface area contributed by atoms with Crippen molar-refractivity contribution < 1.29 is 24.5 Å². The van der Waals surface area contributed by atoms with Crippen molar-refractivity contribution in [1.82, 2.24) is 0 Å². The molecular formula is C26H43NO5S. The minimum absolute atomic E-state index is 0.175. The minimum atomic E-state index is -0.790. The van der Waals surface area contributed by atoms with Gasteiger partial charge in [0.2, 0.25) is 5.91 Å². The highest BCUT2D eigenvalue weighted by Crippen LogP contribution is 2.46. The van der Waals surface area contributed by atoms with Crippen molar-refractivity contribution in [3.05, 3.63) is 15.8 Å². The summed E-state index contributed by atoms with van der Waals surface area (Å²) in [4.78, 5) is 28.9. The maximum absolute atomic E-state index is 13.3. The number of methoxy groups -OCH3 is 1. The quantitative estimate of drug-likeness (QED) is 0.384. The first-order valence-electron chi connectivity index (χ1n) is 12.4. The lowest BCUT2D eigenvalue weighted by Crippen LogP contribution is -2.45. The van der Waals surface area contributed by atoms with E-state index in [1.807, 2.05) is 6.07 Å². The summed E-state index contributed by atoms with van der Waals surface area (Å²) in [5, 5.41) is 19.8. The highest BCUT2D eigenvalue weighted by atomic mass is 32.1. The molecule has 1 aliphatic carbocycles. The van der Waals surface area contributed by atoms with Crippen molar-refractivity contribution in [2.24, 2.45) is 11.3 Å². The summed E-state index contributed by atoms with van der Waals surface area (Å²) in [6, 6.07) is 1.14. The average molecular weight is 482 g/mol. The number of ether oxygens (including phenoxy) is 1. The van der Waals surface area contributed by atoms with Gasteiger partial charge in [-0.3, -0.25) is 4.79 Å². The van der Waals surface area contributed by atoms with E-state index in [0.717, 1.165) is 56.2 Å². The summed E-state index contributed by atoms with van der Waals surface area (Å²) < 4.78 is 5.04. The molecule has 0 aliphatic heterocycles. The van der Waals surface area contributed by atoms with Gasteiger partial charge in [0.1, 0.15) is 4.88 Å². The molecule has 1 aromatic rings. The number of aliphatic hydroxyl groups excluding tert-OH is 2. The molecule has 0 aromatic carbocycles. The third kappa shape index (κ3) is 7.52. The number of carbonyl (C=O) groups is 2. The molecule has 0 radical (unpaired) electrons. The van der Waals surface area contributed by atoms with Gasteiger partial charge in [0.25, 0.3) is 0 Å². The van der Waals surface area contributed by atoms with Crippen LogP contribution in [-0.2, 0) is 9.53 Å². The maximum Gasteiger partial charge on any atom is 0.350 e. The number of anilines is 1. The number of hydrogen-bond acceptors (Lipinski definition) is 6. The first-order chi connectivity index (χ1) is 15.7. The normalized spacial score (nSPS) is 17.2. The van der Waals surface area contributed by atoms with Crippen LogP contribution < -0.4 is 4.90 Å². The second-order valence-electron chi connectivity index (χ2n) is 10.4. The maximum atomic E-state index is 13.3. The fourth-order valence-corrected chi connectivity index (χ4v) is 6.05. The van der Waals surface area contributed by atoms with Gasteiger partial charge in [-0.05, 0) is 55.4 Å². The number of nitrogens with zero attached hydrogens (tertiary/aromatic N) is 1. The summed E-state index contributed by atoms with van der Waals surface area (Å²) >= 11 is 1.39. The first kappa shape index (κ1) is 27.8. The van der Waals surface area contributed by atoms with Crippen molar-refractivity contribution >= 4 is 28.9 Å². The van der Waals surface area contributed by atoms with Crippen molar-refractivity contribution in [3.63, 3.8) is 0 Å². The fourth-order valence-electron chi connectivity index (χ4n) is 4.82. The Kier molecular flexibility index (Phi) is 10.8. The van der Waals surface area contributed by atoms with E-state index in [9.17, 15) is 19.8 Å². The number of amides is 1. The molecule has 188 valence electrons. The summed E-state index contributed by atoms with van der Waals surface area (Å²) in [7, 11) is 1.34. The topological polar surface area (TPSA) is 87.1 Å². The molecule has 0 spiro atoms. The summed E-state index contributed by atoms with van der Waals surface area (Å²) in [5.74, 6) is 0.234. The van der Waals surface area contributed by atoms with E-state index in [-0.39, 0.29) is 19.1 Å². The van der Waals surface area contributed by atoms with Gasteiger partial charge in [0.15, 0.2) is 0 Å². The van der Waals surface area contributed by atoms with Crippen molar-refractivity contribution in [1.29, 1.82) is 0 Å². The van der Waals surface area contributed by atoms with Crippen LogP contribution in [0.3, 0.4) is 0 Å². The molecule has 33 heavy (non-hydrogen) atoms. The van der Waals surface area contributed by atoms with Crippen molar-refractivity contribution in [2.75, 3.05) is 25.2 Å². The molecule has 1 unspecified atom stereocenters. The number of esters is 1. The van der Waals surface area contributed by atoms with Crippen molar-refractivity contribution in [3.8, 4) is 0 Å². The van der Waals surface area contributed by atoms with E-state index in [2.05, 4.69) is 27.7 Å². The van der Waals surface area contributed by atoms with Gasteiger partial charge in [-0.15, -0.1) is 11.3 Å².